The molecule has 20 heavy (non-hydrogen) atoms. The van der Waals surface area contributed by atoms with Crippen LogP contribution in [0.15, 0.2) is 24.4 Å². The van der Waals surface area contributed by atoms with Gasteiger partial charge in [0.2, 0.25) is 0 Å². The van der Waals surface area contributed by atoms with Crippen LogP contribution in [0.2, 0.25) is 0 Å². The number of carbonyl (C=O) groups is 1. The lowest BCUT2D eigenvalue weighted by atomic mass is 10.2. The molecule has 0 unspecified atom stereocenters. The van der Waals surface area contributed by atoms with E-state index >= 15 is 0 Å². The van der Waals surface area contributed by atoms with E-state index in [1.54, 1.807) is 12.3 Å². The molecule has 0 saturated carbocycles. The number of aromatic nitrogens is 3. The molecule has 2 aromatic heterocycles. The molecule has 0 spiro atoms. The summed E-state index contributed by atoms with van der Waals surface area (Å²) in [5.41, 5.74) is 3.56. The molecule has 0 aliphatic rings. The summed E-state index contributed by atoms with van der Waals surface area (Å²) in [5.74, 6) is 0. The molecule has 0 aliphatic heterocycles. The van der Waals surface area contributed by atoms with Gasteiger partial charge in [-0.05, 0) is 39.0 Å². The molecule has 6 heteroatoms. The Bertz CT molecular complexity index is 593. The topological polar surface area (TPSA) is 82.7 Å². The van der Waals surface area contributed by atoms with Crippen LogP contribution in [0.5, 0.6) is 0 Å². The number of hydrogen-bond acceptors (Lipinski definition) is 3. The number of rotatable bonds is 4. The molecule has 2 amide bonds. The molecule has 3 N–H and O–H groups in total. The Morgan fingerprint density at radius 2 is 2.20 bits per heavy atom. The monoisotopic (exact) mass is 273 g/mol. The molecule has 0 aromatic carbocycles. The first-order chi connectivity index (χ1) is 9.52. The lowest BCUT2D eigenvalue weighted by Gasteiger charge is -2.13. The SMILES string of the molecule is Cc1cc(NC(=O)N[C@H](C)Cc2cc(C)[nH]n2)ccn1. The Morgan fingerprint density at radius 1 is 1.40 bits per heavy atom. The number of aryl methyl sites for hydroxylation is 2. The average Bonchev–Trinajstić information content (AvgIpc) is 2.74. The Balaban J connectivity index is 1.84. The number of urea groups is 1. The van der Waals surface area contributed by atoms with Gasteiger partial charge in [-0.25, -0.2) is 4.79 Å². The predicted molar refractivity (Wildman–Crippen MR) is 77.6 cm³/mol. The van der Waals surface area contributed by atoms with Crippen molar-refractivity contribution >= 4 is 11.7 Å². The van der Waals surface area contributed by atoms with E-state index in [-0.39, 0.29) is 12.1 Å². The number of carbonyl (C=O) groups excluding carboxylic acids is 1. The molecule has 6 nitrogen and oxygen atoms in total. The Hall–Kier alpha value is -2.37. The highest BCUT2D eigenvalue weighted by Crippen LogP contribution is 2.07. The molecule has 106 valence electrons. The highest BCUT2D eigenvalue weighted by molar-refractivity contribution is 5.89. The fraction of sp³-hybridized carbons (Fsp3) is 0.357. The normalized spacial score (nSPS) is 11.9. The fourth-order valence-electron chi connectivity index (χ4n) is 1.96. The Kier molecular flexibility index (Phi) is 4.34. The van der Waals surface area contributed by atoms with Crippen LogP contribution in [0.4, 0.5) is 10.5 Å². The molecule has 2 aromatic rings. The van der Waals surface area contributed by atoms with Crippen molar-refractivity contribution in [3.8, 4) is 0 Å². The highest BCUT2D eigenvalue weighted by atomic mass is 16.2. The van der Waals surface area contributed by atoms with Gasteiger partial charge in [0.1, 0.15) is 0 Å². The van der Waals surface area contributed by atoms with Crippen molar-refractivity contribution in [2.45, 2.75) is 33.2 Å². The molecule has 0 saturated heterocycles. The zero-order valence-corrected chi connectivity index (χ0v) is 11.9. The van der Waals surface area contributed by atoms with E-state index in [0.717, 1.165) is 22.8 Å². The maximum atomic E-state index is 11.9. The van der Waals surface area contributed by atoms with Gasteiger partial charge in [0, 0.05) is 35.7 Å². The largest absolute Gasteiger partial charge is 0.335 e. The molecule has 0 aliphatic carbocycles. The number of hydrogen-bond donors (Lipinski definition) is 3. The zero-order valence-electron chi connectivity index (χ0n) is 11.9. The van der Waals surface area contributed by atoms with E-state index in [1.165, 1.54) is 0 Å². The standard InChI is InChI=1S/C14H19N5O/c1-9-6-12(4-5-15-9)17-14(20)16-10(2)7-13-8-11(3)18-19-13/h4-6,8,10H,7H2,1-3H3,(H,18,19)(H2,15,16,17,20)/t10-/m1/s1. The van der Waals surface area contributed by atoms with E-state index in [1.807, 2.05) is 32.9 Å². The Morgan fingerprint density at radius 3 is 2.85 bits per heavy atom. The van der Waals surface area contributed by atoms with E-state index in [9.17, 15) is 4.79 Å². The number of nitrogens with zero attached hydrogens (tertiary/aromatic N) is 2. The van der Waals surface area contributed by atoms with Crippen LogP contribution in [-0.4, -0.2) is 27.3 Å². The van der Waals surface area contributed by atoms with Gasteiger partial charge in [-0.3, -0.25) is 10.1 Å². The predicted octanol–water partition coefficient (Wildman–Crippen LogP) is 2.17. The van der Waals surface area contributed by atoms with Crippen LogP contribution in [0, 0.1) is 13.8 Å². The molecule has 1 atom stereocenters. The van der Waals surface area contributed by atoms with Crippen molar-refractivity contribution < 1.29 is 4.79 Å². The van der Waals surface area contributed by atoms with Gasteiger partial charge in [0.25, 0.3) is 0 Å². The Labute approximate surface area is 118 Å². The quantitative estimate of drug-likeness (QED) is 0.798. The maximum absolute atomic E-state index is 11.9. The first-order valence-electron chi connectivity index (χ1n) is 6.54. The van der Waals surface area contributed by atoms with Gasteiger partial charge < -0.3 is 10.6 Å². The van der Waals surface area contributed by atoms with E-state index in [4.69, 9.17) is 0 Å². The summed E-state index contributed by atoms with van der Waals surface area (Å²) in [6, 6.07) is 5.33. The number of amides is 2. The van der Waals surface area contributed by atoms with Gasteiger partial charge in [0.05, 0.1) is 5.69 Å². The van der Waals surface area contributed by atoms with Crippen LogP contribution in [0.25, 0.3) is 0 Å². The lowest BCUT2D eigenvalue weighted by Crippen LogP contribution is -2.37. The second kappa shape index (κ2) is 6.18. The van der Waals surface area contributed by atoms with Crippen LogP contribution in [0.3, 0.4) is 0 Å². The molecule has 2 heterocycles. The van der Waals surface area contributed by atoms with Crippen molar-refractivity contribution in [3.63, 3.8) is 0 Å². The summed E-state index contributed by atoms with van der Waals surface area (Å²) in [6.07, 6.45) is 2.36. The first kappa shape index (κ1) is 14.0. The highest BCUT2D eigenvalue weighted by Gasteiger charge is 2.10. The second-order valence-corrected chi connectivity index (χ2v) is 4.93. The van der Waals surface area contributed by atoms with Crippen molar-refractivity contribution in [2.24, 2.45) is 0 Å². The van der Waals surface area contributed by atoms with Crippen molar-refractivity contribution in [2.75, 3.05) is 5.32 Å². The minimum Gasteiger partial charge on any atom is -0.335 e. The van der Waals surface area contributed by atoms with Crippen molar-refractivity contribution in [1.29, 1.82) is 0 Å². The summed E-state index contributed by atoms with van der Waals surface area (Å²) in [4.78, 5) is 15.9. The van der Waals surface area contributed by atoms with Gasteiger partial charge >= 0.3 is 6.03 Å². The molecule has 2 rings (SSSR count). The minimum absolute atomic E-state index is 0.000587. The van der Waals surface area contributed by atoms with Gasteiger partial charge in [0.15, 0.2) is 0 Å². The molecular weight excluding hydrogens is 254 g/mol. The van der Waals surface area contributed by atoms with Crippen molar-refractivity contribution in [1.82, 2.24) is 20.5 Å². The average molecular weight is 273 g/mol. The molecule has 0 bridgehead atoms. The van der Waals surface area contributed by atoms with Gasteiger partial charge in [-0.15, -0.1) is 0 Å². The van der Waals surface area contributed by atoms with Gasteiger partial charge in [-0.2, -0.15) is 5.10 Å². The lowest BCUT2D eigenvalue weighted by molar-refractivity contribution is 0.249. The van der Waals surface area contributed by atoms with E-state index < -0.39 is 0 Å². The minimum atomic E-state index is -0.227. The smallest absolute Gasteiger partial charge is 0.319 e. The first-order valence-corrected chi connectivity index (χ1v) is 6.54. The van der Waals surface area contributed by atoms with Crippen LogP contribution in [-0.2, 0) is 6.42 Å². The second-order valence-electron chi connectivity index (χ2n) is 4.93. The third-order valence-electron chi connectivity index (χ3n) is 2.81. The summed E-state index contributed by atoms with van der Waals surface area (Å²) in [6.45, 7) is 5.78. The van der Waals surface area contributed by atoms with Crippen LogP contribution >= 0.6 is 0 Å². The number of nitrogens with one attached hydrogen (secondary N) is 3. The van der Waals surface area contributed by atoms with Gasteiger partial charge in [-0.1, -0.05) is 0 Å². The van der Waals surface area contributed by atoms with E-state index in [0.29, 0.717) is 6.42 Å². The third kappa shape index (κ3) is 4.08. The van der Waals surface area contributed by atoms with Crippen LogP contribution in [0.1, 0.15) is 24.0 Å². The van der Waals surface area contributed by atoms with Crippen molar-refractivity contribution in [3.05, 3.63) is 41.5 Å². The summed E-state index contributed by atoms with van der Waals surface area (Å²) < 4.78 is 0. The third-order valence-corrected chi connectivity index (χ3v) is 2.81. The number of anilines is 1. The number of pyridine rings is 1. The summed E-state index contributed by atoms with van der Waals surface area (Å²) in [5, 5.41) is 12.7. The van der Waals surface area contributed by atoms with Crippen LogP contribution < -0.4 is 10.6 Å². The fourth-order valence-corrected chi connectivity index (χ4v) is 1.96. The summed E-state index contributed by atoms with van der Waals surface area (Å²) in [7, 11) is 0. The number of aromatic amines is 1. The molecular formula is C14H19N5O. The summed E-state index contributed by atoms with van der Waals surface area (Å²) >= 11 is 0. The number of H-pyrrole nitrogens is 1. The molecule has 0 radical (unpaired) electrons. The maximum Gasteiger partial charge on any atom is 0.319 e. The molecule has 0 fully saturated rings. The zero-order chi connectivity index (χ0) is 14.5. The van der Waals surface area contributed by atoms with E-state index in [2.05, 4.69) is 25.8 Å².